The molecule has 0 aliphatic carbocycles. The number of carbonyl (C=O) groups is 1. The molecule has 2 heterocycles. The number of nitrogens with zero attached hydrogens (tertiary/aromatic N) is 5. The van der Waals surface area contributed by atoms with E-state index in [0.29, 0.717) is 13.0 Å². The molecule has 0 radical (unpaired) electrons. The number of hydrogen-bond acceptors (Lipinski definition) is 3. The SMILES string of the molecule is CN(Cc1ccc(-n2cccn2)cc1)C(=O)CCc1cnn(C)c1. The third kappa shape index (κ3) is 3.90. The summed E-state index contributed by atoms with van der Waals surface area (Å²) in [5.41, 5.74) is 3.19. The van der Waals surface area contributed by atoms with Gasteiger partial charge in [0.25, 0.3) is 0 Å². The molecule has 2 aromatic heterocycles. The fourth-order valence-corrected chi connectivity index (χ4v) is 2.58. The van der Waals surface area contributed by atoms with E-state index in [2.05, 4.69) is 10.2 Å². The molecule has 3 rings (SSSR count). The third-order valence-corrected chi connectivity index (χ3v) is 3.94. The average molecular weight is 323 g/mol. The molecule has 0 spiro atoms. The van der Waals surface area contributed by atoms with Gasteiger partial charge in [0.15, 0.2) is 0 Å². The van der Waals surface area contributed by atoms with Crippen LogP contribution in [0.4, 0.5) is 0 Å². The molecule has 1 aromatic carbocycles. The summed E-state index contributed by atoms with van der Waals surface area (Å²) in [7, 11) is 3.72. The maximum Gasteiger partial charge on any atom is 0.222 e. The summed E-state index contributed by atoms with van der Waals surface area (Å²) in [5, 5.41) is 8.33. The fourth-order valence-electron chi connectivity index (χ4n) is 2.58. The van der Waals surface area contributed by atoms with Crippen LogP contribution >= 0.6 is 0 Å². The minimum absolute atomic E-state index is 0.134. The fraction of sp³-hybridized carbons (Fsp3) is 0.278. The van der Waals surface area contributed by atoms with Crippen LogP contribution in [0.3, 0.4) is 0 Å². The van der Waals surface area contributed by atoms with Crippen molar-refractivity contribution in [2.45, 2.75) is 19.4 Å². The van der Waals surface area contributed by atoms with Gasteiger partial charge in [-0.05, 0) is 35.7 Å². The Kier molecular flexibility index (Phi) is 4.74. The van der Waals surface area contributed by atoms with Gasteiger partial charge < -0.3 is 4.90 Å². The largest absolute Gasteiger partial charge is 0.341 e. The number of hydrogen-bond donors (Lipinski definition) is 0. The van der Waals surface area contributed by atoms with Gasteiger partial charge in [-0.3, -0.25) is 9.48 Å². The van der Waals surface area contributed by atoms with E-state index in [9.17, 15) is 4.79 Å². The van der Waals surface area contributed by atoms with Crippen molar-refractivity contribution in [1.82, 2.24) is 24.5 Å². The first kappa shape index (κ1) is 16.0. The normalized spacial score (nSPS) is 10.8. The average Bonchev–Trinajstić information content (AvgIpc) is 3.25. The van der Waals surface area contributed by atoms with Crippen LogP contribution in [-0.2, 0) is 24.8 Å². The Morgan fingerprint density at radius 3 is 2.58 bits per heavy atom. The van der Waals surface area contributed by atoms with Crippen LogP contribution in [0.15, 0.2) is 55.1 Å². The first-order valence-corrected chi connectivity index (χ1v) is 7.92. The molecule has 0 saturated carbocycles. The summed E-state index contributed by atoms with van der Waals surface area (Å²) < 4.78 is 3.57. The molecule has 1 amide bonds. The van der Waals surface area contributed by atoms with Crippen LogP contribution in [0.1, 0.15) is 17.5 Å². The molecule has 0 atom stereocenters. The van der Waals surface area contributed by atoms with Crippen LogP contribution in [0.25, 0.3) is 5.69 Å². The Morgan fingerprint density at radius 2 is 1.96 bits per heavy atom. The van der Waals surface area contributed by atoms with Crippen molar-refractivity contribution in [3.63, 3.8) is 0 Å². The summed E-state index contributed by atoms with van der Waals surface area (Å²) >= 11 is 0. The van der Waals surface area contributed by atoms with Crippen molar-refractivity contribution in [2.75, 3.05) is 7.05 Å². The van der Waals surface area contributed by atoms with Crippen LogP contribution in [-0.4, -0.2) is 37.4 Å². The lowest BCUT2D eigenvalue weighted by Crippen LogP contribution is -2.26. The van der Waals surface area contributed by atoms with E-state index in [1.807, 2.05) is 61.5 Å². The van der Waals surface area contributed by atoms with E-state index < -0.39 is 0 Å². The molecule has 6 nitrogen and oxygen atoms in total. The van der Waals surface area contributed by atoms with Crippen molar-refractivity contribution in [1.29, 1.82) is 0 Å². The Morgan fingerprint density at radius 1 is 1.17 bits per heavy atom. The lowest BCUT2D eigenvalue weighted by Gasteiger charge is -2.17. The number of rotatable bonds is 6. The number of aromatic nitrogens is 4. The molecule has 124 valence electrons. The molecule has 3 aromatic rings. The Hall–Kier alpha value is -2.89. The number of amides is 1. The molecular weight excluding hydrogens is 302 g/mol. The molecule has 0 aliphatic heterocycles. The second-order valence-corrected chi connectivity index (χ2v) is 5.89. The van der Waals surface area contributed by atoms with Gasteiger partial charge in [0.1, 0.15) is 0 Å². The quantitative estimate of drug-likeness (QED) is 0.699. The maximum atomic E-state index is 12.3. The molecule has 0 saturated heterocycles. The van der Waals surface area contributed by atoms with Crippen LogP contribution < -0.4 is 0 Å². The summed E-state index contributed by atoms with van der Waals surface area (Å²) in [4.78, 5) is 14.0. The van der Waals surface area contributed by atoms with Gasteiger partial charge in [-0.15, -0.1) is 0 Å². The molecule has 24 heavy (non-hydrogen) atoms. The van der Waals surface area contributed by atoms with Gasteiger partial charge in [-0.2, -0.15) is 10.2 Å². The van der Waals surface area contributed by atoms with Crippen molar-refractivity contribution in [2.24, 2.45) is 7.05 Å². The zero-order chi connectivity index (χ0) is 16.9. The first-order valence-electron chi connectivity index (χ1n) is 7.92. The van der Waals surface area contributed by atoms with E-state index in [0.717, 1.165) is 23.2 Å². The van der Waals surface area contributed by atoms with Crippen LogP contribution in [0.5, 0.6) is 0 Å². The number of carbonyl (C=O) groups excluding carboxylic acids is 1. The molecular formula is C18H21N5O. The smallest absolute Gasteiger partial charge is 0.222 e. The summed E-state index contributed by atoms with van der Waals surface area (Å²) in [6.45, 7) is 0.602. The monoisotopic (exact) mass is 323 g/mol. The van der Waals surface area contributed by atoms with Gasteiger partial charge in [0.05, 0.1) is 11.9 Å². The highest BCUT2D eigenvalue weighted by Gasteiger charge is 2.10. The summed E-state index contributed by atoms with van der Waals surface area (Å²) in [6.07, 6.45) is 8.62. The topological polar surface area (TPSA) is 56.0 Å². The highest BCUT2D eigenvalue weighted by atomic mass is 16.2. The predicted octanol–water partition coefficient (Wildman–Crippen LogP) is 2.20. The molecule has 0 N–H and O–H groups in total. The van der Waals surface area contributed by atoms with E-state index >= 15 is 0 Å². The van der Waals surface area contributed by atoms with E-state index in [-0.39, 0.29) is 5.91 Å². The van der Waals surface area contributed by atoms with Crippen molar-refractivity contribution in [3.8, 4) is 5.69 Å². The summed E-state index contributed by atoms with van der Waals surface area (Å²) in [6, 6.07) is 9.97. The van der Waals surface area contributed by atoms with Crippen molar-refractivity contribution >= 4 is 5.91 Å². The Labute approximate surface area is 141 Å². The first-order chi connectivity index (χ1) is 11.6. The summed E-state index contributed by atoms with van der Waals surface area (Å²) in [5.74, 6) is 0.134. The highest BCUT2D eigenvalue weighted by Crippen LogP contribution is 2.11. The third-order valence-electron chi connectivity index (χ3n) is 3.94. The van der Waals surface area contributed by atoms with Gasteiger partial charge in [0.2, 0.25) is 5.91 Å². The molecule has 0 aliphatic rings. The van der Waals surface area contributed by atoms with E-state index in [4.69, 9.17) is 0 Å². The van der Waals surface area contributed by atoms with Crippen LogP contribution in [0.2, 0.25) is 0 Å². The van der Waals surface area contributed by atoms with E-state index in [1.165, 1.54) is 0 Å². The molecule has 0 fully saturated rings. The molecule has 6 heteroatoms. The number of aryl methyl sites for hydroxylation is 2. The molecule has 0 bridgehead atoms. The van der Waals surface area contributed by atoms with Crippen molar-refractivity contribution in [3.05, 3.63) is 66.2 Å². The molecule has 0 unspecified atom stereocenters. The van der Waals surface area contributed by atoms with Gasteiger partial charge in [0, 0.05) is 45.7 Å². The van der Waals surface area contributed by atoms with Gasteiger partial charge in [-0.1, -0.05) is 12.1 Å². The lowest BCUT2D eigenvalue weighted by atomic mass is 10.1. The van der Waals surface area contributed by atoms with Crippen molar-refractivity contribution < 1.29 is 4.79 Å². The Bertz CT molecular complexity index is 789. The van der Waals surface area contributed by atoms with Crippen LogP contribution in [0, 0.1) is 0 Å². The zero-order valence-corrected chi connectivity index (χ0v) is 14.0. The second-order valence-electron chi connectivity index (χ2n) is 5.89. The lowest BCUT2D eigenvalue weighted by molar-refractivity contribution is -0.130. The van der Waals surface area contributed by atoms with E-state index in [1.54, 1.807) is 22.0 Å². The zero-order valence-electron chi connectivity index (χ0n) is 14.0. The van der Waals surface area contributed by atoms with Gasteiger partial charge >= 0.3 is 0 Å². The number of benzene rings is 1. The van der Waals surface area contributed by atoms with Gasteiger partial charge in [-0.25, -0.2) is 4.68 Å². The maximum absolute atomic E-state index is 12.3. The second kappa shape index (κ2) is 7.12. The minimum atomic E-state index is 0.134. The minimum Gasteiger partial charge on any atom is -0.341 e. The predicted molar refractivity (Wildman–Crippen MR) is 91.6 cm³/mol. The standard InChI is InChI=1S/C18H21N5O/c1-21(18(24)9-6-16-12-20-22(2)14-16)13-15-4-7-17(8-5-15)23-11-3-10-19-23/h3-5,7-8,10-12,14H,6,9,13H2,1-2H3. The highest BCUT2D eigenvalue weighted by molar-refractivity contribution is 5.76. The Balaban J connectivity index is 1.53.